The summed E-state index contributed by atoms with van der Waals surface area (Å²) >= 11 is 1.88. The minimum atomic E-state index is 0.840. The van der Waals surface area contributed by atoms with Gasteiger partial charge in [-0.2, -0.15) is 0 Å². The van der Waals surface area contributed by atoms with Gasteiger partial charge in [-0.15, -0.1) is 11.3 Å². The fourth-order valence-corrected chi connectivity index (χ4v) is 3.58. The van der Waals surface area contributed by atoms with Crippen molar-refractivity contribution in [3.05, 3.63) is 35.2 Å². The van der Waals surface area contributed by atoms with Crippen LogP contribution in [0.15, 0.2) is 29.6 Å². The molecule has 1 aliphatic rings. The standard InChI is InChI=1S/C14H17NS/c1-2-6-14-13(5-1)12(10-16-14)8-11-4-3-7-15-9-11/h1-2,5-6,10-11,15H,3-4,7-9H2/t11-/m1/s1. The lowest BCUT2D eigenvalue weighted by Crippen LogP contribution is -2.30. The second kappa shape index (κ2) is 4.56. The maximum absolute atomic E-state index is 3.50. The number of fused-ring (bicyclic) bond motifs is 1. The molecule has 1 aromatic heterocycles. The van der Waals surface area contributed by atoms with E-state index in [2.05, 4.69) is 35.0 Å². The van der Waals surface area contributed by atoms with E-state index < -0.39 is 0 Å². The summed E-state index contributed by atoms with van der Waals surface area (Å²) in [6.07, 6.45) is 3.97. The molecule has 16 heavy (non-hydrogen) atoms. The second-order valence-corrected chi connectivity index (χ2v) is 5.58. The molecule has 3 rings (SSSR count). The third kappa shape index (κ3) is 2.00. The van der Waals surface area contributed by atoms with E-state index in [4.69, 9.17) is 0 Å². The summed E-state index contributed by atoms with van der Waals surface area (Å²) in [6, 6.07) is 8.77. The Morgan fingerprint density at radius 1 is 1.31 bits per heavy atom. The SMILES string of the molecule is c1ccc2c(C[C@H]3CCCNC3)csc2c1. The van der Waals surface area contributed by atoms with Crippen LogP contribution < -0.4 is 5.32 Å². The minimum absolute atomic E-state index is 0.840. The van der Waals surface area contributed by atoms with E-state index in [0.717, 1.165) is 5.92 Å². The summed E-state index contributed by atoms with van der Waals surface area (Å²) in [4.78, 5) is 0. The first-order valence-electron chi connectivity index (χ1n) is 6.09. The van der Waals surface area contributed by atoms with Crippen LogP contribution in [-0.4, -0.2) is 13.1 Å². The van der Waals surface area contributed by atoms with Crippen molar-refractivity contribution in [3.63, 3.8) is 0 Å². The Balaban J connectivity index is 1.83. The molecule has 2 heteroatoms. The topological polar surface area (TPSA) is 12.0 Å². The van der Waals surface area contributed by atoms with Gasteiger partial charge in [-0.1, -0.05) is 18.2 Å². The maximum Gasteiger partial charge on any atom is 0.0345 e. The van der Waals surface area contributed by atoms with Gasteiger partial charge in [0.25, 0.3) is 0 Å². The van der Waals surface area contributed by atoms with Crippen LogP contribution >= 0.6 is 11.3 Å². The zero-order valence-electron chi connectivity index (χ0n) is 9.41. The number of piperidine rings is 1. The van der Waals surface area contributed by atoms with E-state index in [0.29, 0.717) is 0 Å². The van der Waals surface area contributed by atoms with E-state index in [1.54, 1.807) is 5.56 Å². The molecule has 1 aliphatic heterocycles. The number of hydrogen-bond acceptors (Lipinski definition) is 2. The quantitative estimate of drug-likeness (QED) is 0.835. The fraction of sp³-hybridized carbons (Fsp3) is 0.429. The Bertz CT molecular complexity index is 468. The summed E-state index contributed by atoms with van der Waals surface area (Å²) < 4.78 is 1.43. The highest BCUT2D eigenvalue weighted by molar-refractivity contribution is 7.17. The van der Waals surface area contributed by atoms with Crippen LogP contribution in [0, 0.1) is 5.92 Å². The predicted molar refractivity (Wildman–Crippen MR) is 71.1 cm³/mol. The van der Waals surface area contributed by atoms with Gasteiger partial charge in [-0.05, 0) is 60.7 Å². The zero-order chi connectivity index (χ0) is 10.8. The van der Waals surface area contributed by atoms with Gasteiger partial charge in [-0.3, -0.25) is 0 Å². The summed E-state index contributed by atoms with van der Waals surface area (Å²) in [7, 11) is 0. The van der Waals surface area contributed by atoms with E-state index in [1.165, 1.54) is 42.4 Å². The summed E-state index contributed by atoms with van der Waals surface area (Å²) in [6.45, 7) is 2.41. The Kier molecular flexibility index (Phi) is 2.94. The van der Waals surface area contributed by atoms with Gasteiger partial charge < -0.3 is 5.32 Å². The zero-order valence-corrected chi connectivity index (χ0v) is 10.2. The number of hydrogen-bond donors (Lipinski definition) is 1. The average Bonchev–Trinajstić information content (AvgIpc) is 2.74. The van der Waals surface area contributed by atoms with Gasteiger partial charge in [0.05, 0.1) is 0 Å². The third-order valence-electron chi connectivity index (χ3n) is 3.47. The molecule has 0 saturated carbocycles. The monoisotopic (exact) mass is 231 g/mol. The van der Waals surface area contributed by atoms with E-state index in [-0.39, 0.29) is 0 Å². The molecule has 0 bridgehead atoms. The third-order valence-corrected chi connectivity index (χ3v) is 4.48. The second-order valence-electron chi connectivity index (χ2n) is 4.67. The molecule has 1 N–H and O–H groups in total. The van der Waals surface area contributed by atoms with Crippen molar-refractivity contribution in [2.24, 2.45) is 5.92 Å². The minimum Gasteiger partial charge on any atom is -0.316 e. The highest BCUT2D eigenvalue weighted by Crippen LogP contribution is 2.28. The Labute approximate surface area is 100 Å². The van der Waals surface area contributed by atoms with Gasteiger partial charge in [-0.25, -0.2) is 0 Å². The summed E-state index contributed by atoms with van der Waals surface area (Å²) in [5, 5.41) is 7.32. The molecule has 0 radical (unpaired) electrons. The first-order chi connectivity index (χ1) is 7.93. The molecule has 2 heterocycles. The molecule has 84 valence electrons. The maximum atomic E-state index is 3.50. The largest absolute Gasteiger partial charge is 0.316 e. The van der Waals surface area contributed by atoms with Crippen LogP contribution in [-0.2, 0) is 6.42 Å². The molecule has 1 aromatic carbocycles. The lowest BCUT2D eigenvalue weighted by atomic mass is 9.92. The normalized spacial score (nSPS) is 21.4. The number of benzene rings is 1. The molecule has 2 aromatic rings. The number of rotatable bonds is 2. The molecule has 1 nitrogen and oxygen atoms in total. The van der Waals surface area contributed by atoms with Gasteiger partial charge in [0.2, 0.25) is 0 Å². The molecule has 1 atom stereocenters. The number of thiophene rings is 1. The first-order valence-corrected chi connectivity index (χ1v) is 6.97. The van der Waals surface area contributed by atoms with Gasteiger partial charge in [0, 0.05) is 4.70 Å². The van der Waals surface area contributed by atoms with Crippen molar-refractivity contribution in [2.75, 3.05) is 13.1 Å². The highest BCUT2D eigenvalue weighted by atomic mass is 32.1. The Morgan fingerprint density at radius 2 is 2.25 bits per heavy atom. The molecule has 1 fully saturated rings. The van der Waals surface area contributed by atoms with E-state index in [1.807, 2.05) is 11.3 Å². The van der Waals surface area contributed by atoms with Crippen LogP contribution in [0.25, 0.3) is 10.1 Å². The summed E-state index contributed by atoms with van der Waals surface area (Å²) in [5.74, 6) is 0.840. The molecule has 0 spiro atoms. The lowest BCUT2D eigenvalue weighted by molar-refractivity contribution is 0.377. The van der Waals surface area contributed by atoms with Gasteiger partial charge >= 0.3 is 0 Å². The smallest absolute Gasteiger partial charge is 0.0345 e. The Morgan fingerprint density at radius 3 is 3.12 bits per heavy atom. The first kappa shape index (κ1) is 10.3. The average molecular weight is 231 g/mol. The molecule has 1 saturated heterocycles. The van der Waals surface area contributed by atoms with E-state index in [9.17, 15) is 0 Å². The number of nitrogens with one attached hydrogen (secondary N) is 1. The Hall–Kier alpha value is -0.860. The van der Waals surface area contributed by atoms with Crippen LogP contribution in [0.2, 0.25) is 0 Å². The molecular formula is C14H17NS. The lowest BCUT2D eigenvalue weighted by Gasteiger charge is -2.22. The molecule has 0 amide bonds. The van der Waals surface area contributed by atoms with Gasteiger partial charge in [0.15, 0.2) is 0 Å². The fourth-order valence-electron chi connectivity index (χ4n) is 2.60. The van der Waals surface area contributed by atoms with Crippen molar-refractivity contribution in [3.8, 4) is 0 Å². The van der Waals surface area contributed by atoms with Crippen LogP contribution in [0.4, 0.5) is 0 Å². The summed E-state index contributed by atoms with van der Waals surface area (Å²) in [5.41, 5.74) is 1.55. The molecular weight excluding hydrogens is 214 g/mol. The van der Waals surface area contributed by atoms with Crippen molar-refractivity contribution in [1.82, 2.24) is 5.32 Å². The van der Waals surface area contributed by atoms with Crippen molar-refractivity contribution < 1.29 is 0 Å². The van der Waals surface area contributed by atoms with Crippen LogP contribution in [0.5, 0.6) is 0 Å². The van der Waals surface area contributed by atoms with Crippen LogP contribution in [0.3, 0.4) is 0 Å². The van der Waals surface area contributed by atoms with Crippen molar-refractivity contribution in [2.45, 2.75) is 19.3 Å². The predicted octanol–water partition coefficient (Wildman–Crippen LogP) is 3.44. The molecule has 0 aliphatic carbocycles. The van der Waals surface area contributed by atoms with E-state index >= 15 is 0 Å². The van der Waals surface area contributed by atoms with Crippen molar-refractivity contribution in [1.29, 1.82) is 0 Å². The van der Waals surface area contributed by atoms with Crippen molar-refractivity contribution >= 4 is 21.4 Å². The highest BCUT2D eigenvalue weighted by Gasteiger charge is 2.15. The van der Waals surface area contributed by atoms with Gasteiger partial charge in [0.1, 0.15) is 0 Å². The molecule has 0 unspecified atom stereocenters. The van der Waals surface area contributed by atoms with Crippen LogP contribution in [0.1, 0.15) is 18.4 Å².